The molecule has 2 aromatic rings. The first-order chi connectivity index (χ1) is 16.1. The van der Waals surface area contributed by atoms with Crippen molar-refractivity contribution in [2.75, 3.05) is 35.4 Å². The number of carbonyl (C=O) groups excluding carboxylic acids is 1. The Balaban J connectivity index is 1.63. The van der Waals surface area contributed by atoms with Crippen molar-refractivity contribution in [3.05, 3.63) is 46.6 Å². The van der Waals surface area contributed by atoms with Crippen molar-refractivity contribution in [2.45, 2.75) is 43.3 Å². The summed E-state index contributed by atoms with van der Waals surface area (Å²) in [5.74, 6) is 3.03. The number of aromatic nitrogens is 2. The van der Waals surface area contributed by atoms with Gasteiger partial charge >= 0.3 is 0 Å². The molecule has 174 valence electrons. The van der Waals surface area contributed by atoms with Crippen LogP contribution in [0.4, 0.5) is 23.1 Å². The minimum atomic E-state index is 0.242. The lowest BCUT2D eigenvalue weighted by Crippen LogP contribution is -2.10. The topological polar surface area (TPSA) is 88.2 Å². The van der Waals surface area contributed by atoms with Crippen molar-refractivity contribution < 1.29 is 9.53 Å². The number of methoxy groups -OCH3 is 1. The van der Waals surface area contributed by atoms with E-state index in [1.54, 1.807) is 18.9 Å². The molecule has 33 heavy (non-hydrogen) atoms. The summed E-state index contributed by atoms with van der Waals surface area (Å²) in [5.41, 5.74) is 3.72. The molecule has 3 N–H and O–H groups in total. The number of aldehydes is 1. The number of hydrogen-bond acceptors (Lipinski definition) is 9. The van der Waals surface area contributed by atoms with E-state index in [4.69, 9.17) is 14.7 Å². The molecule has 0 saturated carbocycles. The third-order valence-electron chi connectivity index (χ3n) is 5.08. The summed E-state index contributed by atoms with van der Waals surface area (Å²) in [5, 5.41) is 10.5. The van der Waals surface area contributed by atoms with Gasteiger partial charge in [0.15, 0.2) is 0 Å². The van der Waals surface area contributed by atoms with E-state index in [9.17, 15) is 4.79 Å². The first-order valence-electron chi connectivity index (χ1n) is 11.1. The predicted octanol–water partition coefficient (Wildman–Crippen LogP) is 5.60. The Labute approximate surface area is 203 Å². The lowest BCUT2D eigenvalue weighted by molar-refractivity contribution is -0.106. The highest BCUT2D eigenvalue weighted by Gasteiger charge is 2.23. The van der Waals surface area contributed by atoms with Crippen molar-refractivity contribution in [3.8, 4) is 5.75 Å². The number of benzene rings is 1. The van der Waals surface area contributed by atoms with Crippen LogP contribution in [0.15, 0.2) is 45.8 Å². The molecule has 1 aliphatic carbocycles. The first kappa shape index (κ1) is 23.5. The zero-order valence-corrected chi connectivity index (χ0v) is 20.7. The molecule has 0 atom stereocenters. The van der Waals surface area contributed by atoms with E-state index in [0.29, 0.717) is 16.9 Å². The van der Waals surface area contributed by atoms with Crippen LogP contribution in [0.2, 0.25) is 0 Å². The van der Waals surface area contributed by atoms with Crippen LogP contribution in [0.5, 0.6) is 5.75 Å². The Kier molecular flexibility index (Phi) is 7.82. The summed E-state index contributed by atoms with van der Waals surface area (Å²) < 4.78 is 5.52. The van der Waals surface area contributed by atoms with Crippen LogP contribution in [-0.4, -0.2) is 40.9 Å². The number of ether oxygens (including phenoxy) is 1. The summed E-state index contributed by atoms with van der Waals surface area (Å²) >= 11 is 3.67. The van der Waals surface area contributed by atoms with Gasteiger partial charge in [0.25, 0.3) is 0 Å². The summed E-state index contributed by atoms with van der Waals surface area (Å²) in [4.78, 5) is 22.8. The van der Waals surface area contributed by atoms with Gasteiger partial charge in [-0.2, -0.15) is 4.98 Å². The minimum Gasteiger partial charge on any atom is -0.495 e. The van der Waals surface area contributed by atoms with E-state index in [-0.39, 0.29) is 6.54 Å². The Morgan fingerprint density at radius 3 is 2.85 bits per heavy atom. The number of hydrogen-bond donors (Lipinski definition) is 3. The van der Waals surface area contributed by atoms with Gasteiger partial charge < -0.3 is 25.5 Å². The smallest absolute Gasteiger partial charge is 0.229 e. The van der Waals surface area contributed by atoms with Crippen molar-refractivity contribution in [1.29, 1.82) is 0 Å². The van der Waals surface area contributed by atoms with Gasteiger partial charge in [-0.1, -0.05) is 26.0 Å². The molecule has 0 spiro atoms. The highest BCUT2D eigenvalue weighted by Crippen LogP contribution is 2.40. The first-order valence-corrected chi connectivity index (χ1v) is 12.9. The number of thioether (sulfide) groups is 2. The zero-order chi connectivity index (χ0) is 23.2. The predicted molar refractivity (Wildman–Crippen MR) is 139 cm³/mol. The van der Waals surface area contributed by atoms with Gasteiger partial charge in [-0.15, -0.1) is 23.5 Å². The van der Waals surface area contributed by atoms with Crippen LogP contribution in [0.3, 0.4) is 0 Å². The molecule has 2 heterocycles. The van der Waals surface area contributed by atoms with E-state index >= 15 is 0 Å². The monoisotopic (exact) mass is 483 g/mol. The normalized spacial score (nSPS) is 14.9. The lowest BCUT2D eigenvalue weighted by atomic mass is 10.1. The van der Waals surface area contributed by atoms with Crippen LogP contribution < -0.4 is 20.7 Å². The average Bonchev–Trinajstić information content (AvgIpc) is 3.28. The van der Waals surface area contributed by atoms with Crippen LogP contribution in [0.1, 0.15) is 32.4 Å². The molecule has 0 fully saturated rings. The van der Waals surface area contributed by atoms with Gasteiger partial charge in [-0.3, -0.25) is 0 Å². The molecule has 0 amide bonds. The summed E-state index contributed by atoms with van der Waals surface area (Å²) in [6.07, 6.45) is 8.40. The Morgan fingerprint density at radius 2 is 2.06 bits per heavy atom. The van der Waals surface area contributed by atoms with E-state index in [1.165, 1.54) is 4.91 Å². The van der Waals surface area contributed by atoms with Gasteiger partial charge in [-0.05, 0) is 31.0 Å². The molecule has 0 bridgehead atoms. The number of nitrogens with zero attached hydrogens (tertiary/aromatic N) is 2. The molecule has 7 nitrogen and oxygen atoms in total. The third kappa shape index (κ3) is 5.83. The maximum atomic E-state index is 10.7. The molecule has 2 aliphatic rings. The fourth-order valence-electron chi connectivity index (χ4n) is 3.66. The maximum Gasteiger partial charge on any atom is 0.229 e. The molecule has 0 radical (unpaired) electrons. The highest BCUT2D eigenvalue weighted by molar-refractivity contribution is 8.03. The zero-order valence-electron chi connectivity index (χ0n) is 19.1. The van der Waals surface area contributed by atoms with Crippen molar-refractivity contribution in [1.82, 2.24) is 9.97 Å². The third-order valence-corrected chi connectivity index (χ3v) is 7.32. The number of allylic oxidation sites excluding steroid dienone is 2. The molecule has 1 aliphatic heterocycles. The Hall–Kier alpha value is -2.65. The van der Waals surface area contributed by atoms with Crippen LogP contribution in [0, 0.1) is 0 Å². The van der Waals surface area contributed by atoms with Crippen LogP contribution in [0.25, 0.3) is 0 Å². The second kappa shape index (κ2) is 11.0. The Bertz CT molecular complexity index is 1080. The van der Waals surface area contributed by atoms with Crippen molar-refractivity contribution in [3.63, 3.8) is 0 Å². The quantitative estimate of drug-likeness (QED) is 0.374. The van der Waals surface area contributed by atoms with Gasteiger partial charge in [0.1, 0.15) is 17.9 Å². The second-order valence-electron chi connectivity index (χ2n) is 7.91. The van der Waals surface area contributed by atoms with E-state index < -0.39 is 0 Å². The highest BCUT2D eigenvalue weighted by atomic mass is 32.2. The average molecular weight is 484 g/mol. The lowest BCUT2D eigenvalue weighted by Gasteiger charge is -2.20. The fourth-order valence-corrected chi connectivity index (χ4v) is 5.69. The van der Waals surface area contributed by atoms with Crippen LogP contribution in [-0.2, 0) is 11.2 Å². The molecular weight excluding hydrogens is 454 g/mol. The summed E-state index contributed by atoms with van der Waals surface area (Å²) in [7, 11) is 1.63. The van der Waals surface area contributed by atoms with Gasteiger partial charge in [0, 0.05) is 33.7 Å². The van der Waals surface area contributed by atoms with Crippen molar-refractivity contribution in [2.24, 2.45) is 0 Å². The number of rotatable bonds is 10. The van der Waals surface area contributed by atoms with Gasteiger partial charge in [0.05, 0.1) is 29.9 Å². The molecular formula is C24H29N5O2S2. The maximum absolute atomic E-state index is 10.7. The minimum absolute atomic E-state index is 0.242. The SMILES string of the molecule is COc1ccc(NCC=O)cc1Nc1nc2c(c(NC3=CCCC=C3SC(C)C)n1)SCC2. The summed E-state index contributed by atoms with van der Waals surface area (Å²) in [6.45, 7) is 4.67. The number of aryl methyl sites for hydroxylation is 1. The van der Waals surface area contributed by atoms with E-state index in [2.05, 4.69) is 41.9 Å². The Morgan fingerprint density at radius 1 is 1.21 bits per heavy atom. The standard InChI is InChI=1S/C24H29N5O2S2/c1-15(2)33-21-7-5-4-6-17(21)26-23-22-18(10-13-32-22)27-24(29-23)28-19-14-16(25-11-12-30)8-9-20(19)31-3/h6-9,12,14-15,25H,4-5,10-11,13H2,1-3H3,(H2,26,27,28,29). The molecule has 0 unspecified atom stereocenters. The number of nitrogens with one attached hydrogen (secondary N) is 3. The van der Waals surface area contributed by atoms with E-state index in [0.717, 1.165) is 64.8 Å². The molecule has 1 aromatic heterocycles. The number of carbonyl (C=O) groups is 1. The molecule has 0 saturated heterocycles. The van der Waals surface area contributed by atoms with Crippen LogP contribution >= 0.6 is 23.5 Å². The number of fused-ring (bicyclic) bond motifs is 1. The largest absolute Gasteiger partial charge is 0.495 e. The molecule has 9 heteroatoms. The number of anilines is 4. The van der Waals surface area contributed by atoms with E-state index in [1.807, 2.05) is 30.0 Å². The second-order valence-corrected chi connectivity index (χ2v) is 10.6. The summed E-state index contributed by atoms with van der Waals surface area (Å²) in [6, 6.07) is 5.62. The van der Waals surface area contributed by atoms with Gasteiger partial charge in [0.2, 0.25) is 5.95 Å². The van der Waals surface area contributed by atoms with Gasteiger partial charge in [-0.25, -0.2) is 4.98 Å². The van der Waals surface area contributed by atoms with Crippen molar-refractivity contribution >= 4 is 53.0 Å². The fraction of sp³-hybridized carbons (Fsp3) is 0.375. The molecule has 1 aromatic carbocycles. The molecule has 4 rings (SSSR count).